The number of carbonyl (C=O) groups is 1. The van der Waals surface area contributed by atoms with E-state index in [0.29, 0.717) is 31.3 Å². The number of ether oxygens (including phenoxy) is 1. The molecule has 0 radical (unpaired) electrons. The van der Waals surface area contributed by atoms with Crippen LogP contribution in [-0.2, 0) is 9.53 Å². The Hall–Kier alpha value is -0.870. The van der Waals surface area contributed by atoms with Crippen molar-refractivity contribution in [1.29, 1.82) is 0 Å². The fraction of sp³-hybridized carbons (Fsp3) is 0.727. The van der Waals surface area contributed by atoms with Crippen LogP contribution in [0.5, 0.6) is 0 Å². The maximum atomic E-state index is 11.2. The number of esters is 1. The maximum Gasteiger partial charge on any atom is 0.333 e. The van der Waals surface area contributed by atoms with Crippen molar-refractivity contribution in [3.63, 3.8) is 0 Å². The van der Waals surface area contributed by atoms with Crippen LogP contribution in [0, 0.1) is 0 Å². The van der Waals surface area contributed by atoms with Crippen molar-refractivity contribution in [2.24, 2.45) is 0 Å². The Kier molecular flexibility index (Phi) is 7.95. The van der Waals surface area contributed by atoms with Crippen LogP contribution in [0.4, 0.5) is 0 Å². The third-order valence-electron chi connectivity index (χ3n) is 1.99. The lowest BCUT2D eigenvalue weighted by Crippen LogP contribution is -2.19. The summed E-state index contributed by atoms with van der Waals surface area (Å²) >= 11 is 0. The van der Waals surface area contributed by atoms with Gasteiger partial charge in [0.1, 0.15) is 6.10 Å². The Morgan fingerprint density at radius 2 is 1.73 bits per heavy atom. The highest BCUT2D eigenvalue weighted by Gasteiger charge is 2.14. The second-order valence-corrected chi connectivity index (χ2v) is 3.54. The van der Waals surface area contributed by atoms with E-state index >= 15 is 0 Å². The molecule has 0 aromatic carbocycles. The third-order valence-corrected chi connectivity index (χ3v) is 1.99. The molecular weight excluding hydrogens is 196 g/mol. The Morgan fingerprint density at radius 1 is 1.27 bits per heavy atom. The van der Waals surface area contributed by atoms with Crippen molar-refractivity contribution in [2.45, 2.75) is 38.7 Å². The average Bonchev–Trinajstić information content (AvgIpc) is 2.21. The van der Waals surface area contributed by atoms with Crippen molar-refractivity contribution in [2.75, 3.05) is 13.2 Å². The van der Waals surface area contributed by atoms with E-state index in [2.05, 4.69) is 6.58 Å². The second kappa shape index (κ2) is 8.44. The van der Waals surface area contributed by atoms with Crippen molar-refractivity contribution in [1.82, 2.24) is 0 Å². The topological polar surface area (TPSA) is 66.8 Å². The molecule has 15 heavy (non-hydrogen) atoms. The van der Waals surface area contributed by atoms with Crippen LogP contribution in [0.1, 0.15) is 32.6 Å². The molecule has 88 valence electrons. The minimum Gasteiger partial charge on any atom is -0.459 e. The summed E-state index contributed by atoms with van der Waals surface area (Å²) < 4.78 is 5.16. The molecule has 0 amide bonds. The van der Waals surface area contributed by atoms with E-state index in [1.807, 2.05) is 0 Å². The fourth-order valence-electron chi connectivity index (χ4n) is 1.15. The summed E-state index contributed by atoms with van der Waals surface area (Å²) in [6.07, 6.45) is 2.21. The Labute approximate surface area is 90.6 Å². The number of carbonyl (C=O) groups excluding carboxylic acids is 1. The van der Waals surface area contributed by atoms with Gasteiger partial charge in [0.2, 0.25) is 0 Å². The first-order valence-electron chi connectivity index (χ1n) is 5.20. The highest BCUT2D eigenvalue weighted by atomic mass is 16.5. The van der Waals surface area contributed by atoms with Crippen LogP contribution in [0.2, 0.25) is 0 Å². The minimum absolute atomic E-state index is 0.0836. The highest BCUT2D eigenvalue weighted by molar-refractivity contribution is 5.87. The number of rotatable bonds is 8. The molecule has 0 bridgehead atoms. The molecule has 0 aliphatic carbocycles. The van der Waals surface area contributed by atoms with Gasteiger partial charge in [-0.1, -0.05) is 6.58 Å². The van der Waals surface area contributed by atoms with Gasteiger partial charge in [-0.25, -0.2) is 4.79 Å². The van der Waals surface area contributed by atoms with E-state index in [9.17, 15) is 4.79 Å². The highest BCUT2D eigenvalue weighted by Crippen LogP contribution is 2.11. The van der Waals surface area contributed by atoms with Gasteiger partial charge in [-0.15, -0.1) is 0 Å². The lowest BCUT2D eigenvalue weighted by Gasteiger charge is -2.17. The van der Waals surface area contributed by atoms with Crippen molar-refractivity contribution in [3.8, 4) is 0 Å². The van der Waals surface area contributed by atoms with Gasteiger partial charge in [-0.05, 0) is 32.6 Å². The summed E-state index contributed by atoms with van der Waals surface area (Å²) in [7, 11) is 0. The number of aliphatic hydroxyl groups excluding tert-OH is 2. The molecule has 0 aromatic rings. The smallest absolute Gasteiger partial charge is 0.333 e. The quantitative estimate of drug-likeness (QED) is 0.469. The summed E-state index contributed by atoms with van der Waals surface area (Å²) in [6, 6.07) is 0. The maximum absolute atomic E-state index is 11.2. The van der Waals surface area contributed by atoms with Crippen LogP contribution in [0.15, 0.2) is 12.2 Å². The zero-order valence-corrected chi connectivity index (χ0v) is 9.24. The minimum atomic E-state index is -0.407. The van der Waals surface area contributed by atoms with Gasteiger partial charge in [0.05, 0.1) is 0 Å². The first kappa shape index (κ1) is 14.1. The zero-order valence-electron chi connectivity index (χ0n) is 9.24. The van der Waals surface area contributed by atoms with Crippen LogP contribution in [0.25, 0.3) is 0 Å². The lowest BCUT2D eigenvalue weighted by molar-refractivity contribution is -0.145. The molecule has 0 aromatic heterocycles. The van der Waals surface area contributed by atoms with Gasteiger partial charge in [-0.3, -0.25) is 0 Å². The van der Waals surface area contributed by atoms with Crippen molar-refractivity contribution < 1.29 is 19.7 Å². The van der Waals surface area contributed by atoms with Gasteiger partial charge >= 0.3 is 5.97 Å². The van der Waals surface area contributed by atoms with Crippen LogP contribution in [0.3, 0.4) is 0 Å². The number of hydrogen-bond acceptors (Lipinski definition) is 4. The van der Waals surface area contributed by atoms with Gasteiger partial charge < -0.3 is 14.9 Å². The summed E-state index contributed by atoms with van der Waals surface area (Å²) in [4.78, 5) is 11.2. The molecule has 0 saturated heterocycles. The SMILES string of the molecule is C=C(C)C(=O)OC(CCCO)CCCO. The van der Waals surface area contributed by atoms with Gasteiger partial charge in [0.25, 0.3) is 0 Å². The zero-order chi connectivity index (χ0) is 11.7. The molecule has 4 nitrogen and oxygen atoms in total. The van der Waals surface area contributed by atoms with E-state index in [4.69, 9.17) is 14.9 Å². The largest absolute Gasteiger partial charge is 0.459 e. The lowest BCUT2D eigenvalue weighted by atomic mass is 10.1. The summed E-state index contributed by atoms with van der Waals surface area (Å²) in [5, 5.41) is 17.4. The van der Waals surface area contributed by atoms with Crippen molar-refractivity contribution in [3.05, 3.63) is 12.2 Å². The molecule has 0 unspecified atom stereocenters. The third kappa shape index (κ3) is 7.11. The summed E-state index contributed by atoms with van der Waals surface area (Å²) in [5.74, 6) is -0.407. The first-order chi connectivity index (χ1) is 7.11. The van der Waals surface area contributed by atoms with E-state index in [-0.39, 0.29) is 19.3 Å². The van der Waals surface area contributed by atoms with Crippen LogP contribution >= 0.6 is 0 Å². The second-order valence-electron chi connectivity index (χ2n) is 3.54. The molecule has 0 fully saturated rings. The van der Waals surface area contributed by atoms with Crippen LogP contribution < -0.4 is 0 Å². The summed E-state index contributed by atoms with van der Waals surface area (Å²) in [6.45, 7) is 5.26. The van der Waals surface area contributed by atoms with Gasteiger partial charge in [0.15, 0.2) is 0 Å². The average molecular weight is 216 g/mol. The molecule has 0 atom stereocenters. The molecule has 0 spiro atoms. The Balaban J connectivity index is 3.98. The molecule has 0 aliphatic rings. The monoisotopic (exact) mass is 216 g/mol. The molecule has 0 aliphatic heterocycles. The normalized spacial score (nSPS) is 10.4. The van der Waals surface area contributed by atoms with Gasteiger partial charge in [0, 0.05) is 18.8 Å². The predicted octanol–water partition coefficient (Wildman–Crippen LogP) is 1.02. The van der Waals surface area contributed by atoms with Crippen molar-refractivity contribution >= 4 is 5.97 Å². The molecule has 4 heteroatoms. The Morgan fingerprint density at radius 3 is 2.07 bits per heavy atom. The van der Waals surface area contributed by atoms with E-state index in [1.165, 1.54) is 0 Å². The predicted molar refractivity (Wildman–Crippen MR) is 57.3 cm³/mol. The van der Waals surface area contributed by atoms with E-state index < -0.39 is 5.97 Å². The molecule has 0 heterocycles. The fourth-order valence-corrected chi connectivity index (χ4v) is 1.15. The summed E-state index contributed by atoms with van der Waals surface area (Å²) in [5.41, 5.74) is 0.369. The van der Waals surface area contributed by atoms with E-state index in [1.54, 1.807) is 6.92 Å². The standard InChI is InChI=1S/C11H20O4/c1-9(2)11(14)15-10(5-3-7-12)6-4-8-13/h10,12-13H,1,3-8H2,2H3. The first-order valence-corrected chi connectivity index (χ1v) is 5.20. The molecule has 2 N–H and O–H groups in total. The molecular formula is C11H20O4. The van der Waals surface area contributed by atoms with E-state index in [0.717, 1.165) is 0 Å². The molecule has 0 rings (SSSR count). The van der Waals surface area contributed by atoms with Gasteiger partial charge in [-0.2, -0.15) is 0 Å². The number of aliphatic hydroxyl groups is 2. The molecule has 0 saturated carbocycles. The Bertz CT molecular complexity index is 193. The van der Waals surface area contributed by atoms with Crippen LogP contribution in [-0.4, -0.2) is 35.5 Å². The number of hydrogen-bond donors (Lipinski definition) is 2.